The van der Waals surface area contributed by atoms with E-state index in [1.165, 1.54) is 15.0 Å². The van der Waals surface area contributed by atoms with Gasteiger partial charge in [-0.3, -0.25) is 0 Å². The van der Waals surface area contributed by atoms with Crippen molar-refractivity contribution in [3.63, 3.8) is 0 Å². The van der Waals surface area contributed by atoms with Crippen LogP contribution in [0.25, 0.3) is 10.1 Å². The monoisotopic (exact) mass is 250 g/mol. The molecule has 17 heavy (non-hydrogen) atoms. The average molecular weight is 250 g/mol. The van der Waals surface area contributed by atoms with Gasteiger partial charge in [0.05, 0.1) is 14.2 Å². The minimum atomic E-state index is 0.185. The molecule has 0 fully saturated rings. The lowest BCUT2D eigenvalue weighted by atomic mass is 9.94. The molecular weight excluding hydrogens is 232 g/mol. The van der Waals surface area contributed by atoms with Gasteiger partial charge in [0.15, 0.2) is 11.5 Å². The van der Waals surface area contributed by atoms with Crippen molar-refractivity contribution in [3.05, 3.63) is 23.1 Å². The summed E-state index contributed by atoms with van der Waals surface area (Å²) in [6.07, 6.45) is 0. The van der Waals surface area contributed by atoms with Crippen molar-refractivity contribution >= 4 is 21.4 Å². The summed E-state index contributed by atoms with van der Waals surface area (Å²) in [5.74, 6) is 1.58. The Balaban J connectivity index is 2.61. The lowest BCUT2D eigenvalue weighted by molar-refractivity contribution is 0.356. The molecule has 2 rings (SSSR count). The third-order valence-corrected chi connectivity index (χ3v) is 4.29. The maximum Gasteiger partial charge on any atom is 0.162 e. The zero-order valence-corrected chi connectivity index (χ0v) is 11.8. The first-order valence-corrected chi connectivity index (χ1v) is 6.43. The zero-order chi connectivity index (χ0) is 12.6. The Kier molecular flexibility index (Phi) is 3.04. The smallest absolute Gasteiger partial charge is 0.162 e. The fraction of sp³-hybridized carbons (Fsp3) is 0.429. The topological polar surface area (TPSA) is 18.5 Å². The molecule has 0 aliphatic heterocycles. The molecule has 0 aliphatic carbocycles. The highest BCUT2D eigenvalue weighted by molar-refractivity contribution is 7.19. The predicted octanol–water partition coefficient (Wildman–Crippen LogP) is 4.22. The van der Waals surface area contributed by atoms with Crippen LogP contribution in [-0.4, -0.2) is 14.2 Å². The Morgan fingerprint density at radius 2 is 1.53 bits per heavy atom. The minimum Gasteiger partial charge on any atom is -0.493 e. The van der Waals surface area contributed by atoms with E-state index in [9.17, 15) is 0 Å². The summed E-state index contributed by atoms with van der Waals surface area (Å²) in [5, 5.41) is 1.22. The second-order valence-corrected chi connectivity index (χ2v) is 6.19. The van der Waals surface area contributed by atoms with Gasteiger partial charge in [0, 0.05) is 15.6 Å². The molecule has 0 atom stereocenters. The Morgan fingerprint density at radius 3 is 2.06 bits per heavy atom. The molecular formula is C14H18O2S. The molecule has 1 heterocycles. The summed E-state index contributed by atoms with van der Waals surface area (Å²) in [4.78, 5) is 1.38. The molecule has 0 amide bonds. The molecule has 0 saturated carbocycles. The molecule has 0 aliphatic rings. The third kappa shape index (κ3) is 2.25. The van der Waals surface area contributed by atoms with Crippen molar-refractivity contribution in [1.82, 2.24) is 0 Å². The van der Waals surface area contributed by atoms with E-state index < -0.39 is 0 Å². The van der Waals surface area contributed by atoms with E-state index >= 15 is 0 Å². The van der Waals surface area contributed by atoms with Crippen molar-refractivity contribution < 1.29 is 9.47 Å². The lowest BCUT2D eigenvalue weighted by Gasteiger charge is -2.14. The second-order valence-electron chi connectivity index (χ2n) is 5.11. The second kappa shape index (κ2) is 4.22. The third-order valence-electron chi connectivity index (χ3n) is 2.76. The number of benzene rings is 1. The first kappa shape index (κ1) is 12.2. The van der Waals surface area contributed by atoms with Gasteiger partial charge in [-0.25, -0.2) is 0 Å². The number of hydrogen-bond donors (Lipinski definition) is 0. The molecule has 3 heteroatoms. The molecule has 2 aromatic rings. The Morgan fingerprint density at radius 1 is 0.941 bits per heavy atom. The Bertz CT molecular complexity index is 494. The molecule has 0 spiro atoms. The predicted molar refractivity (Wildman–Crippen MR) is 73.6 cm³/mol. The van der Waals surface area contributed by atoms with Crippen LogP contribution in [-0.2, 0) is 5.41 Å². The number of fused-ring (bicyclic) bond motifs is 1. The van der Waals surface area contributed by atoms with Gasteiger partial charge in [0.25, 0.3) is 0 Å². The van der Waals surface area contributed by atoms with Gasteiger partial charge < -0.3 is 9.47 Å². The molecule has 92 valence electrons. The van der Waals surface area contributed by atoms with E-state index in [-0.39, 0.29) is 5.41 Å². The quantitative estimate of drug-likeness (QED) is 0.794. The molecule has 0 radical (unpaired) electrons. The summed E-state index contributed by atoms with van der Waals surface area (Å²) >= 11 is 1.82. The van der Waals surface area contributed by atoms with E-state index in [0.29, 0.717) is 0 Å². The number of methoxy groups -OCH3 is 2. The number of rotatable bonds is 2. The lowest BCUT2D eigenvalue weighted by Crippen LogP contribution is -2.07. The highest BCUT2D eigenvalue weighted by Crippen LogP contribution is 2.39. The SMILES string of the molecule is COc1cc2cc(C(C)(C)C)sc2cc1OC. The highest BCUT2D eigenvalue weighted by atomic mass is 32.1. The summed E-state index contributed by atoms with van der Waals surface area (Å²) < 4.78 is 11.9. The summed E-state index contributed by atoms with van der Waals surface area (Å²) in [7, 11) is 3.34. The Hall–Kier alpha value is -1.22. The van der Waals surface area contributed by atoms with Crippen LogP contribution in [0.2, 0.25) is 0 Å². The van der Waals surface area contributed by atoms with Gasteiger partial charge in [0.2, 0.25) is 0 Å². The molecule has 0 unspecified atom stereocenters. The molecule has 1 aromatic heterocycles. The molecule has 0 bridgehead atoms. The standard InChI is InChI=1S/C14H18O2S/c1-14(2,3)13-7-9-6-10(15-4)11(16-5)8-12(9)17-13/h6-8H,1-5H3. The van der Waals surface area contributed by atoms with Gasteiger partial charge >= 0.3 is 0 Å². The van der Waals surface area contributed by atoms with E-state index in [0.717, 1.165) is 11.5 Å². The average Bonchev–Trinajstić information content (AvgIpc) is 2.69. The van der Waals surface area contributed by atoms with Crippen LogP contribution in [0.1, 0.15) is 25.6 Å². The Labute approximate surface area is 106 Å². The zero-order valence-electron chi connectivity index (χ0n) is 11.0. The van der Waals surface area contributed by atoms with Crippen molar-refractivity contribution in [2.75, 3.05) is 14.2 Å². The first-order valence-electron chi connectivity index (χ1n) is 5.62. The van der Waals surface area contributed by atoms with Crippen molar-refractivity contribution in [2.24, 2.45) is 0 Å². The molecule has 2 nitrogen and oxygen atoms in total. The highest BCUT2D eigenvalue weighted by Gasteiger charge is 2.18. The number of hydrogen-bond acceptors (Lipinski definition) is 3. The minimum absolute atomic E-state index is 0.185. The van der Waals surface area contributed by atoms with E-state index in [2.05, 4.69) is 26.8 Å². The van der Waals surface area contributed by atoms with Crippen molar-refractivity contribution in [1.29, 1.82) is 0 Å². The summed E-state index contributed by atoms with van der Waals surface area (Å²) in [6, 6.07) is 6.33. The number of thiophene rings is 1. The van der Waals surface area contributed by atoms with E-state index in [1.807, 2.05) is 23.5 Å². The number of ether oxygens (including phenoxy) is 2. The van der Waals surface area contributed by atoms with Crippen LogP contribution >= 0.6 is 11.3 Å². The van der Waals surface area contributed by atoms with Gasteiger partial charge in [-0.1, -0.05) is 20.8 Å². The van der Waals surface area contributed by atoms with Crippen LogP contribution in [0.4, 0.5) is 0 Å². The van der Waals surface area contributed by atoms with Crippen LogP contribution in [0.3, 0.4) is 0 Å². The van der Waals surface area contributed by atoms with Gasteiger partial charge in [-0.2, -0.15) is 0 Å². The van der Waals surface area contributed by atoms with E-state index in [1.54, 1.807) is 14.2 Å². The van der Waals surface area contributed by atoms with Crippen molar-refractivity contribution in [3.8, 4) is 11.5 Å². The van der Waals surface area contributed by atoms with Crippen LogP contribution in [0, 0.1) is 0 Å². The van der Waals surface area contributed by atoms with Gasteiger partial charge in [-0.15, -0.1) is 11.3 Å². The maximum absolute atomic E-state index is 5.32. The van der Waals surface area contributed by atoms with Crippen LogP contribution in [0.5, 0.6) is 11.5 Å². The fourth-order valence-electron chi connectivity index (χ4n) is 1.74. The normalized spacial score (nSPS) is 11.8. The van der Waals surface area contributed by atoms with Gasteiger partial charge in [0.1, 0.15) is 0 Å². The molecule has 0 N–H and O–H groups in total. The first-order chi connectivity index (χ1) is 7.95. The largest absolute Gasteiger partial charge is 0.493 e. The molecule has 1 aromatic carbocycles. The fourth-order valence-corrected chi connectivity index (χ4v) is 2.87. The van der Waals surface area contributed by atoms with Gasteiger partial charge in [-0.05, 0) is 22.9 Å². The summed E-state index contributed by atoms with van der Waals surface area (Å²) in [5.41, 5.74) is 0.185. The van der Waals surface area contributed by atoms with Crippen molar-refractivity contribution in [2.45, 2.75) is 26.2 Å². The van der Waals surface area contributed by atoms with E-state index in [4.69, 9.17) is 9.47 Å². The van der Waals surface area contributed by atoms with Crippen LogP contribution in [0.15, 0.2) is 18.2 Å². The van der Waals surface area contributed by atoms with Crippen LogP contribution < -0.4 is 9.47 Å². The maximum atomic E-state index is 5.32. The molecule has 0 saturated heterocycles. The summed E-state index contributed by atoms with van der Waals surface area (Å²) in [6.45, 7) is 6.69.